The van der Waals surface area contributed by atoms with Gasteiger partial charge in [0.15, 0.2) is 6.61 Å². The quantitative estimate of drug-likeness (QED) is 0.450. The van der Waals surface area contributed by atoms with Gasteiger partial charge in [-0.3, -0.25) is 14.9 Å². The van der Waals surface area contributed by atoms with Crippen molar-refractivity contribution in [2.45, 2.75) is 17.7 Å². The van der Waals surface area contributed by atoms with Gasteiger partial charge in [0.25, 0.3) is 5.91 Å². The molecule has 0 radical (unpaired) electrons. The van der Waals surface area contributed by atoms with E-state index in [0.29, 0.717) is 11.4 Å². The number of urea groups is 1. The summed E-state index contributed by atoms with van der Waals surface area (Å²) in [6.45, 7) is -0.462. The molecule has 0 aliphatic rings. The zero-order valence-electron chi connectivity index (χ0n) is 12.1. The highest BCUT2D eigenvalue weighted by Crippen LogP contribution is 2.21. The van der Waals surface area contributed by atoms with Crippen LogP contribution in [0.15, 0.2) is 29.2 Å². The molecule has 0 aliphatic heterocycles. The van der Waals surface area contributed by atoms with Crippen LogP contribution in [0.1, 0.15) is 12.8 Å². The topological polar surface area (TPSA) is 84.5 Å². The van der Waals surface area contributed by atoms with E-state index < -0.39 is 24.5 Å². The Morgan fingerprint density at radius 1 is 1.23 bits per heavy atom. The molecule has 0 bridgehead atoms. The number of hydrogen-bond acceptors (Lipinski definition) is 5. The van der Waals surface area contributed by atoms with E-state index in [1.54, 1.807) is 11.8 Å². The number of esters is 1. The number of carbonyl (C=O) groups is 3. The minimum absolute atomic E-state index is 0.216. The van der Waals surface area contributed by atoms with Crippen molar-refractivity contribution in [1.82, 2.24) is 10.6 Å². The molecule has 0 saturated carbocycles. The molecule has 2 N–H and O–H groups in total. The standard InChI is InChI=1S/C14H17ClN2O4S/c1-16-14(20)17-12(18)9-21-13(19)3-2-8-22-11-6-4-10(15)5-7-11/h4-7H,2-3,8-9H2,1H3,(H2,16,17,18,20). The third kappa shape index (κ3) is 7.90. The molecule has 0 aliphatic carbocycles. The summed E-state index contributed by atoms with van der Waals surface area (Å²) in [6.07, 6.45) is 0.844. The van der Waals surface area contributed by atoms with Crippen molar-refractivity contribution < 1.29 is 19.1 Å². The predicted molar refractivity (Wildman–Crippen MR) is 85.0 cm³/mol. The Balaban J connectivity index is 2.12. The van der Waals surface area contributed by atoms with Crippen LogP contribution in [0.2, 0.25) is 5.02 Å². The van der Waals surface area contributed by atoms with E-state index in [1.807, 2.05) is 29.6 Å². The Morgan fingerprint density at radius 2 is 1.91 bits per heavy atom. The second-order valence-electron chi connectivity index (χ2n) is 4.19. The van der Waals surface area contributed by atoms with Gasteiger partial charge in [-0.25, -0.2) is 4.79 Å². The third-order valence-corrected chi connectivity index (χ3v) is 3.80. The van der Waals surface area contributed by atoms with Crippen LogP contribution in [-0.4, -0.2) is 37.3 Å². The first-order valence-corrected chi connectivity index (χ1v) is 7.93. The molecular formula is C14H17ClN2O4S. The van der Waals surface area contributed by atoms with Crippen LogP contribution in [0.25, 0.3) is 0 Å². The first-order chi connectivity index (χ1) is 10.5. The van der Waals surface area contributed by atoms with Gasteiger partial charge in [-0.2, -0.15) is 0 Å². The van der Waals surface area contributed by atoms with Crippen molar-refractivity contribution >= 4 is 41.3 Å². The number of halogens is 1. The maximum Gasteiger partial charge on any atom is 0.321 e. The second-order valence-corrected chi connectivity index (χ2v) is 5.80. The number of thioether (sulfide) groups is 1. The number of carbonyl (C=O) groups excluding carboxylic acids is 3. The molecule has 0 spiro atoms. The summed E-state index contributed by atoms with van der Waals surface area (Å²) >= 11 is 7.40. The van der Waals surface area contributed by atoms with Crippen molar-refractivity contribution in [1.29, 1.82) is 0 Å². The molecule has 8 heteroatoms. The summed E-state index contributed by atoms with van der Waals surface area (Å²) < 4.78 is 4.76. The Bertz CT molecular complexity index is 522. The fourth-order valence-electron chi connectivity index (χ4n) is 1.38. The van der Waals surface area contributed by atoms with Gasteiger partial charge in [-0.15, -0.1) is 11.8 Å². The molecule has 0 aromatic heterocycles. The molecule has 0 saturated heterocycles. The summed E-state index contributed by atoms with van der Waals surface area (Å²) in [7, 11) is 1.38. The van der Waals surface area contributed by atoms with E-state index in [9.17, 15) is 14.4 Å². The minimum Gasteiger partial charge on any atom is -0.456 e. The average molecular weight is 345 g/mol. The molecule has 1 aromatic carbocycles. The highest BCUT2D eigenvalue weighted by Gasteiger charge is 2.09. The van der Waals surface area contributed by atoms with Crippen LogP contribution in [0.4, 0.5) is 4.79 Å². The van der Waals surface area contributed by atoms with Crippen molar-refractivity contribution in [2.24, 2.45) is 0 Å². The molecular weight excluding hydrogens is 328 g/mol. The van der Waals surface area contributed by atoms with Gasteiger partial charge in [0.1, 0.15) is 0 Å². The zero-order chi connectivity index (χ0) is 16.4. The summed E-state index contributed by atoms with van der Waals surface area (Å²) in [5.41, 5.74) is 0. The normalized spacial score (nSPS) is 9.91. The van der Waals surface area contributed by atoms with Crippen LogP contribution < -0.4 is 10.6 Å². The van der Waals surface area contributed by atoms with Crippen LogP contribution in [-0.2, 0) is 14.3 Å². The molecule has 22 heavy (non-hydrogen) atoms. The summed E-state index contributed by atoms with van der Waals surface area (Å²) in [4.78, 5) is 34.5. The van der Waals surface area contributed by atoms with Crippen molar-refractivity contribution in [3.8, 4) is 0 Å². The summed E-state index contributed by atoms with van der Waals surface area (Å²) in [6, 6.07) is 6.80. The maximum atomic E-state index is 11.4. The number of ether oxygens (including phenoxy) is 1. The molecule has 0 fully saturated rings. The molecule has 0 unspecified atom stereocenters. The van der Waals surface area contributed by atoms with Crippen LogP contribution >= 0.6 is 23.4 Å². The third-order valence-electron chi connectivity index (χ3n) is 2.45. The largest absolute Gasteiger partial charge is 0.456 e. The smallest absolute Gasteiger partial charge is 0.321 e. The summed E-state index contributed by atoms with van der Waals surface area (Å²) in [5.74, 6) is -0.381. The first-order valence-electron chi connectivity index (χ1n) is 6.57. The number of nitrogens with one attached hydrogen (secondary N) is 2. The van der Waals surface area contributed by atoms with Gasteiger partial charge in [-0.1, -0.05) is 11.6 Å². The average Bonchev–Trinajstić information content (AvgIpc) is 2.51. The van der Waals surface area contributed by atoms with Gasteiger partial charge in [0.2, 0.25) is 0 Å². The highest BCUT2D eigenvalue weighted by molar-refractivity contribution is 7.99. The van der Waals surface area contributed by atoms with E-state index in [-0.39, 0.29) is 6.42 Å². The highest BCUT2D eigenvalue weighted by atomic mass is 35.5. The Morgan fingerprint density at radius 3 is 2.55 bits per heavy atom. The SMILES string of the molecule is CNC(=O)NC(=O)COC(=O)CCCSc1ccc(Cl)cc1. The number of rotatable bonds is 7. The van der Waals surface area contributed by atoms with E-state index in [1.165, 1.54) is 7.05 Å². The summed E-state index contributed by atoms with van der Waals surface area (Å²) in [5, 5.41) is 4.90. The molecule has 120 valence electrons. The van der Waals surface area contributed by atoms with Crippen LogP contribution in [0.3, 0.4) is 0 Å². The molecule has 3 amide bonds. The number of amides is 3. The lowest BCUT2D eigenvalue weighted by Gasteiger charge is -2.05. The van der Waals surface area contributed by atoms with E-state index in [0.717, 1.165) is 10.6 Å². The maximum absolute atomic E-state index is 11.4. The Hall–Kier alpha value is -1.73. The van der Waals surface area contributed by atoms with Crippen LogP contribution in [0.5, 0.6) is 0 Å². The van der Waals surface area contributed by atoms with E-state index >= 15 is 0 Å². The van der Waals surface area contributed by atoms with Crippen molar-refractivity contribution in [2.75, 3.05) is 19.4 Å². The van der Waals surface area contributed by atoms with E-state index in [2.05, 4.69) is 5.32 Å². The lowest BCUT2D eigenvalue weighted by molar-refractivity contribution is -0.148. The van der Waals surface area contributed by atoms with Crippen LogP contribution in [0, 0.1) is 0 Å². The Kier molecular flexibility index (Phi) is 8.39. The van der Waals surface area contributed by atoms with E-state index in [4.69, 9.17) is 16.3 Å². The van der Waals surface area contributed by atoms with Crippen molar-refractivity contribution in [3.63, 3.8) is 0 Å². The molecule has 6 nitrogen and oxygen atoms in total. The van der Waals surface area contributed by atoms with Gasteiger partial charge in [0.05, 0.1) is 0 Å². The van der Waals surface area contributed by atoms with Gasteiger partial charge in [-0.05, 0) is 36.4 Å². The lowest BCUT2D eigenvalue weighted by Crippen LogP contribution is -2.39. The number of imide groups is 1. The van der Waals surface area contributed by atoms with Gasteiger partial charge >= 0.3 is 12.0 Å². The fraction of sp³-hybridized carbons (Fsp3) is 0.357. The lowest BCUT2D eigenvalue weighted by atomic mass is 10.3. The Labute approximate surface area is 137 Å². The monoisotopic (exact) mass is 344 g/mol. The number of hydrogen-bond donors (Lipinski definition) is 2. The predicted octanol–water partition coefficient (Wildman–Crippen LogP) is 2.21. The number of benzene rings is 1. The fourth-order valence-corrected chi connectivity index (χ4v) is 2.36. The molecule has 0 heterocycles. The van der Waals surface area contributed by atoms with Gasteiger partial charge in [0, 0.05) is 23.4 Å². The zero-order valence-corrected chi connectivity index (χ0v) is 13.6. The molecule has 0 atom stereocenters. The minimum atomic E-state index is -0.664. The van der Waals surface area contributed by atoms with Gasteiger partial charge < -0.3 is 10.1 Å². The molecule has 1 rings (SSSR count). The molecule has 1 aromatic rings. The second kappa shape index (κ2) is 10.1. The van der Waals surface area contributed by atoms with Crippen molar-refractivity contribution in [3.05, 3.63) is 29.3 Å². The first kappa shape index (κ1) is 18.3.